The van der Waals surface area contributed by atoms with Crippen LogP contribution >= 0.6 is 11.8 Å². The summed E-state index contributed by atoms with van der Waals surface area (Å²) in [5.41, 5.74) is 6.84. The third-order valence-electron chi connectivity index (χ3n) is 6.01. The highest BCUT2D eigenvalue weighted by Crippen LogP contribution is 2.42. The third kappa shape index (κ3) is 4.68. The Bertz CT molecular complexity index is 1360. The van der Waals surface area contributed by atoms with Crippen molar-refractivity contribution in [2.24, 2.45) is 4.99 Å². The summed E-state index contributed by atoms with van der Waals surface area (Å²) in [6.07, 6.45) is 0. The SMILES string of the molecule is C=C(NCC(C)c1ccccc1)c1ccc2c(c1)N=C(c1ccc(F)cc1)c1ccccc1S2. The van der Waals surface area contributed by atoms with E-state index in [0.717, 1.165) is 50.1 Å². The lowest BCUT2D eigenvalue weighted by Crippen LogP contribution is -2.18. The van der Waals surface area contributed by atoms with E-state index in [9.17, 15) is 4.39 Å². The molecule has 0 bridgehead atoms. The molecule has 168 valence electrons. The van der Waals surface area contributed by atoms with Gasteiger partial charge in [-0.1, -0.05) is 79.9 Å². The topological polar surface area (TPSA) is 24.4 Å². The van der Waals surface area contributed by atoms with Crippen molar-refractivity contribution in [1.82, 2.24) is 5.32 Å². The molecule has 0 amide bonds. The predicted molar refractivity (Wildman–Crippen MR) is 141 cm³/mol. The number of benzene rings is 4. The molecule has 1 N–H and O–H groups in total. The molecule has 5 rings (SSSR count). The molecule has 0 radical (unpaired) electrons. The van der Waals surface area contributed by atoms with Gasteiger partial charge in [0.05, 0.1) is 11.4 Å². The zero-order valence-electron chi connectivity index (χ0n) is 19.0. The molecule has 0 saturated heterocycles. The van der Waals surface area contributed by atoms with Gasteiger partial charge in [-0.15, -0.1) is 0 Å². The first-order valence-corrected chi connectivity index (χ1v) is 12.1. The molecule has 0 aliphatic carbocycles. The van der Waals surface area contributed by atoms with E-state index in [-0.39, 0.29) is 5.82 Å². The largest absolute Gasteiger partial charge is 0.384 e. The van der Waals surface area contributed by atoms with Gasteiger partial charge in [-0.25, -0.2) is 9.38 Å². The molecule has 0 saturated carbocycles. The van der Waals surface area contributed by atoms with Crippen molar-refractivity contribution in [2.45, 2.75) is 22.6 Å². The molecule has 34 heavy (non-hydrogen) atoms. The van der Waals surface area contributed by atoms with Crippen LogP contribution in [0.25, 0.3) is 5.70 Å². The molecule has 1 heterocycles. The van der Waals surface area contributed by atoms with Crippen LogP contribution in [0.5, 0.6) is 0 Å². The second-order valence-electron chi connectivity index (χ2n) is 8.42. The quantitative estimate of drug-likeness (QED) is 0.277. The van der Waals surface area contributed by atoms with Gasteiger partial charge in [0.15, 0.2) is 0 Å². The summed E-state index contributed by atoms with van der Waals surface area (Å²) in [6.45, 7) is 7.29. The summed E-state index contributed by atoms with van der Waals surface area (Å²) >= 11 is 1.70. The average molecular weight is 465 g/mol. The predicted octanol–water partition coefficient (Wildman–Crippen LogP) is 7.82. The van der Waals surface area contributed by atoms with E-state index in [1.165, 1.54) is 17.7 Å². The standard InChI is InChI=1S/C30H25FN2S/c1-20(22-8-4-3-5-9-22)19-32-21(2)24-14-17-29-27(18-24)33-30(23-12-15-25(31)16-13-23)26-10-6-7-11-28(26)34-29/h3-18,20,32H,2,19H2,1H3. The lowest BCUT2D eigenvalue weighted by Gasteiger charge is -2.16. The Morgan fingerprint density at radius 2 is 1.65 bits per heavy atom. The van der Waals surface area contributed by atoms with Crippen molar-refractivity contribution in [2.75, 3.05) is 6.54 Å². The van der Waals surface area contributed by atoms with Gasteiger partial charge in [0.2, 0.25) is 0 Å². The number of hydrogen-bond donors (Lipinski definition) is 1. The summed E-state index contributed by atoms with van der Waals surface area (Å²) in [5.74, 6) is 0.113. The minimum absolute atomic E-state index is 0.254. The molecule has 2 nitrogen and oxygen atoms in total. The van der Waals surface area contributed by atoms with Crippen LogP contribution in [0.2, 0.25) is 0 Å². The van der Waals surface area contributed by atoms with Crippen molar-refractivity contribution >= 4 is 28.9 Å². The molecule has 4 aromatic carbocycles. The summed E-state index contributed by atoms with van der Waals surface area (Å²) in [4.78, 5) is 7.28. The Hall–Kier alpha value is -3.63. The molecule has 1 aliphatic heterocycles. The smallest absolute Gasteiger partial charge is 0.123 e. The Morgan fingerprint density at radius 3 is 2.44 bits per heavy atom. The van der Waals surface area contributed by atoms with Gasteiger partial charge in [-0.2, -0.15) is 0 Å². The molecule has 1 unspecified atom stereocenters. The number of halogens is 1. The number of rotatable bonds is 6. The second kappa shape index (κ2) is 9.70. The highest BCUT2D eigenvalue weighted by atomic mass is 32.2. The van der Waals surface area contributed by atoms with Crippen LogP contribution < -0.4 is 5.32 Å². The first kappa shape index (κ1) is 22.2. The lowest BCUT2D eigenvalue weighted by atomic mass is 10.0. The average Bonchev–Trinajstić information content (AvgIpc) is 3.04. The number of hydrogen-bond acceptors (Lipinski definition) is 3. The van der Waals surface area contributed by atoms with Gasteiger partial charge in [0.1, 0.15) is 5.82 Å². The van der Waals surface area contributed by atoms with Crippen LogP contribution in [-0.4, -0.2) is 12.3 Å². The van der Waals surface area contributed by atoms with Gasteiger partial charge in [-0.3, -0.25) is 0 Å². The van der Waals surface area contributed by atoms with E-state index in [1.54, 1.807) is 23.9 Å². The first-order valence-electron chi connectivity index (χ1n) is 11.3. The van der Waals surface area contributed by atoms with Crippen LogP contribution in [0.1, 0.15) is 35.1 Å². The maximum Gasteiger partial charge on any atom is 0.123 e. The molecule has 0 aromatic heterocycles. The monoisotopic (exact) mass is 464 g/mol. The fraction of sp³-hybridized carbons (Fsp3) is 0.100. The minimum atomic E-state index is -0.254. The zero-order chi connectivity index (χ0) is 23.5. The van der Waals surface area contributed by atoms with Crippen molar-refractivity contribution in [3.05, 3.63) is 132 Å². The van der Waals surface area contributed by atoms with Crippen molar-refractivity contribution < 1.29 is 4.39 Å². The summed E-state index contributed by atoms with van der Waals surface area (Å²) in [5, 5.41) is 3.49. The molecule has 4 heteroatoms. The highest BCUT2D eigenvalue weighted by molar-refractivity contribution is 7.99. The van der Waals surface area contributed by atoms with Crippen LogP contribution in [0.15, 0.2) is 118 Å². The molecule has 4 aromatic rings. The maximum absolute atomic E-state index is 13.6. The van der Waals surface area contributed by atoms with Gasteiger partial charge in [0, 0.05) is 33.2 Å². The van der Waals surface area contributed by atoms with Crippen molar-refractivity contribution in [1.29, 1.82) is 0 Å². The van der Waals surface area contributed by atoms with Gasteiger partial charge in [0.25, 0.3) is 0 Å². The number of aliphatic imine (C=N–C) groups is 1. The Balaban J connectivity index is 1.45. The molecular weight excluding hydrogens is 439 g/mol. The van der Waals surface area contributed by atoms with Crippen LogP contribution in [0.3, 0.4) is 0 Å². The highest BCUT2D eigenvalue weighted by Gasteiger charge is 2.19. The Labute approximate surface area is 204 Å². The summed E-state index contributed by atoms with van der Waals surface area (Å²) in [6, 6.07) is 31.5. The van der Waals surface area contributed by atoms with E-state index < -0.39 is 0 Å². The first-order chi connectivity index (χ1) is 16.6. The normalized spacial score (nSPS) is 13.2. The number of nitrogens with zero attached hydrogens (tertiary/aromatic N) is 1. The molecule has 1 atom stereocenters. The molecule has 1 aliphatic rings. The van der Waals surface area contributed by atoms with E-state index in [1.807, 2.05) is 18.2 Å². The van der Waals surface area contributed by atoms with Crippen LogP contribution in [0, 0.1) is 5.82 Å². The fourth-order valence-electron chi connectivity index (χ4n) is 4.03. The number of fused-ring (bicyclic) bond motifs is 2. The van der Waals surface area contributed by atoms with Gasteiger partial charge >= 0.3 is 0 Å². The second-order valence-corrected chi connectivity index (χ2v) is 9.50. The van der Waals surface area contributed by atoms with Crippen molar-refractivity contribution in [3.63, 3.8) is 0 Å². The third-order valence-corrected chi connectivity index (χ3v) is 7.15. The lowest BCUT2D eigenvalue weighted by molar-refractivity contribution is 0.628. The van der Waals surface area contributed by atoms with Gasteiger partial charge in [-0.05, 0) is 59.5 Å². The molecule has 0 fully saturated rings. The summed E-state index contributed by atoms with van der Waals surface area (Å²) in [7, 11) is 0. The van der Waals surface area contributed by atoms with Gasteiger partial charge < -0.3 is 5.32 Å². The van der Waals surface area contributed by atoms with E-state index in [4.69, 9.17) is 4.99 Å². The van der Waals surface area contributed by atoms with E-state index >= 15 is 0 Å². The fourth-order valence-corrected chi connectivity index (χ4v) is 5.04. The van der Waals surface area contributed by atoms with Crippen LogP contribution in [0.4, 0.5) is 10.1 Å². The minimum Gasteiger partial charge on any atom is -0.384 e. The van der Waals surface area contributed by atoms with E-state index in [2.05, 4.69) is 73.4 Å². The Kier molecular flexibility index (Phi) is 6.33. The molecule has 0 spiro atoms. The van der Waals surface area contributed by atoms with Crippen molar-refractivity contribution in [3.8, 4) is 0 Å². The Morgan fingerprint density at radius 1 is 0.912 bits per heavy atom. The maximum atomic E-state index is 13.6. The van der Waals surface area contributed by atoms with E-state index in [0.29, 0.717) is 5.92 Å². The number of nitrogens with one attached hydrogen (secondary N) is 1. The van der Waals surface area contributed by atoms with Crippen LogP contribution in [-0.2, 0) is 0 Å². The zero-order valence-corrected chi connectivity index (χ0v) is 19.8. The summed E-state index contributed by atoms with van der Waals surface area (Å²) < 4.78 is 13.6. The molecular formula is C30H25FN2S.